The van der Waals surface area contributed by atoms with Crippen LogP contribution in [-0.2, 0) is 21.1 Å². The molecule has 0 aliphatic rings. The topological polar surface area (TPSA) is 70.3 Å². The van der Waals surface area contributed by atoms with Crippen LogP contribution in [0.4, 0.5) is 0 Å². The molecule has 0 aliphatic carbocycles. The lowest BCUT2D eigenvalue weighted by Crippen LogP contribution is -2.34. The van der Waals surface area contributed by atoms with E-state index in [0.29, 0.717) is 0 Å². The fourth-order valence-electron chi connectivity index (χ4n) is 0.963. The molecule has 0 amide bonds. The first-order valence-corrected chi connectivity index (χ1v) is 5.90. The lowest BCUT2D eigenvalue weighted by molar-refractivity contribution is -0.695. The third-order valence-corrected chi connectivity index (χ3v) is 2.14. The smallest absolute Gasteiger partial charge is 0.217 e. The Labute approximate surface area is 112 Å². The van der Waals surface area contributed by atoms with E-state index in [4.69, 9.17) is 0 Å². The van der Waals surface area contributed by atoms with Crippen molar-refractivity contribution in [1.29, 1.82) is 0 Å². The van der Waals surface area contributed by atoms with Crippen molar-refractivity contribution in [1.82, 2.24) is 0 Å². The zero-order chi connectivity index (χ0) is 12.6. The second-order valence-electron chi connectivity index (χ2n) is 2.69. The summed E-state index contributed by atoms with van der Waals surface area (Å²) in [5, 5.41) is 0. The summed E-state index contributed by atoms with van der Waals surface area (Å²) in [6.07, 6.45) is 3.92. The van der Waals surface area contributed by atoms with E-state index in [1.807, 2.05) is 18.2 Å². The summed E-state index contributed by atoms with van der Waals surface area (Å²) in [6, 6.07) is 6.09. The molecule has 0 radical (unpaired) electrons. The van der Waals surface area contributed by atoms with Gasteiger partial charge >= 0.3 is 0 Å². The summed E-state index contributed by atoms with van der Waals surface area (Å²) in [7, 11) is -3.60. The molecule has 0 aliphatic heterocycles. The molecule has 0 aromatic carbocycles. The molecule has 1 rings (SSSR count). The zero-order valence-corrected chi connectivity index (χ0v) is 12.2. The van der Waals surface area contributed by atoms with Gasteiger partial charge in [0, 0.05) is 18.2 Å². The first-order chi connectivity index (χ1) is 7.44. The van der Waals surface area contributed by atoms with Gasteiger partial charge in [-0.15, -0.1) is 17.0 Å². The van der Waals surface area contributed by atoms with Crippen molar-refractivity contribution in [2.75, 3.05) is 7.11 Å². The van der Waals surface area contributed by atoms with Crippen LogP contribution in [0.15, 0.2) is 31.0 Å². The van der Waals surface area contributed by atoms with Gasteiger partial charge in [0.05, 0.1) is 7.11 Å². The minimum Gasteiger partial charge on any atom is -0.726 e. The fraction of sp³-hybridized carbons (Fsp3) is 0.300. The van der Waals surface area contributed by atoms with Gasteiger partial charge in [0.2, 0.25) is 16.1 Å². The third-order valence-electron chi connectivity index (χ3n) is 1.73. The van der Waals surface area contributed by atoms with Crippen LogP contribution >= 0.6 is 17.0 Å². The molecule has 1 heterocycles. The molecule has 98 valence electrons. The van der Waals surface area contributed by atoms with Gasteiger partial charge in [-0.05, 0) is 13.0 Å². The van der Waals surface area contributed by atoms with Gasteiger partial charge in [0.1, 0.15) is 6.54 Å². The van der Waals surface area contributed by atoms with Crippen LogP contribution in [0.25, 0.3) is 6.08 Å². The average Bonchev–Trinajstić information content (AvgIpc) is 2.28. The molecule has 0 N–H and O–H groups in total. The Kier molecular flexibility index (Phi) is 10.2. The molecule has 0 saturated heterocycles. The zero-order valence-electron chi connectivity index (χ0n) is 9.70. The molecule has 17 heavy (non-hydrogen) atoms. The molecular formula is C10H16BrNO4S. The number of rotatable bonds is 3. The summed E-state index contributed by atoms with van der Waals surface area (Å²) in [5.74, 6) is 0. The average molecular weight is 326 g/mol. The van der Waals surface area contributed by atoms with Gasteiger partial charge in [-0.3, -0.25) is 4.18 Å². The Morgan fingerprint density at radius 2 is 2.06 bits per heavy atom. The lowest BCUT2D eigenvalue weighted by atomic mass is 10.3. The summed E-state index contributed by atoms with van der Waals surface area (Å²) in [6.45, 7) is 6.84. The number of halogens is 1. The van der Waals surface area contributed by atoms with Crippen LogP contribution in [0, 0.1) is 0 Å². The van der Waals surface area contributed by atoms with Gasteiger partial charge in [-0.1, -0.05) is 6.58 Å². The predicted octanol–water partition coefficient (Wildman–Crippen LogP) is 1.31. The summed E-state index contributed by atoms with van der Waals surface area (Å²) < 4.78 is 33.2. The number of aryl methyl sites for hydroxylation is 1. The molecule has 0 unspecified atom stereocenters. The van der Waals surface area contributed by atoms with Crippen LogP contribution in [-0.4, -0.2) is 20.1 Å². The first-order valence-electron chi connectivity index (χ1n) is 4.57. The maximum atomic E-state index is 9.22. The number of pyridine rings is 1. The van der Waals surface area contributed by atoms with Crippen molar-refractivity contribution >= 4 is 33.5 Å². The Hall–Kier alpha value is -0.760. The second-order valence-corrected chi connectivity index (χ2v) is 3.84. The number of hydrogen-bond donors (Lipinski definition) is 0. The normalized spacial score (nSPS) is 9.59. The molecule has 7 heteroatoms. The molecule has 1 aromatic heterocycles. The molecule has 0 fully saturated rings. The largest absolute Gasteiger partial charge is 0.726 e. The van der Waals surface area contributed by atoms with Crippen LogP contribution in [0.3, 0.4) is 0 Å². The SMILES string of the molecule is Br.C=Cc1cccc[n+]1CC.COS(=O)(=O)[O-]. The minimum atomic E-state index is -4.41. The molecule has 0 bridgehead atoms. The lowest BCUT2D eigenvalue weighted by Gasteiger charge is -1.98. The highest BCUT2D eigenvalue weighted by Gasteiger charge is 1.99. The van der Waals surface area contributed by atoms with Crippen molar-refractivity contribution < 1.29 is 21.7 Å². The van der Waals surface area contributed by atoms with E-state index in [-0.39, 0.29) is 17.0 Å². The Balaban J connectivity index is 0. The summed E-state index contributed by atoms with van der Waals surface area (Å²) in [4.78, 5) is 0. The number of nitrogens with zero attached hydrogens (tertiary/aromatic N) is 1. The van der Waals surface area contributed by atoms with Gasteiger partial charge in [0.25, 0.3) is 0 Å². The van der Waals surface area contributed by atoms with E-state index in [1.165, 1.54) is 5.69 Å². The van der Waals surface area contributed by atoms with E-state index >= 15 is 0 Å². The van der Waals surface area contributed by atoms with E-state index in [0.717, 1.165) is 13.7 Å². The van der Waals surface area contributed by atoms with Crippen molar-refractivity contribution in [2.45, 2.75) is 13.5 Å². The van der Waals surface area contributed by atoms with E-state index in [2.05, 4.69) is 34.5 Å². The first kappa shape index (κ1) is 18.6. The van der Waals surface area contributed by atoms with Crippen LogP contribution in [0.1, 0.15) is 12.6 Å². The third kappa shape index (κ3) is 8.99. The predicted molar refractivity (Wildman–Crippen MR) is 69.4 cm³/mol. The van der Waals surface area contributed by atoms with Crippen molar-refractivity contribution in [3.05, 3.63) is 36.7 Å². The van der Waals surface area contributed by atoms with Crippen LogP contribution in [0.2, 0.25) is 0 Å². The highest BCUT2D eigenvalue weighted by molar-refractivity contribution is 8.93. The van der Waals surface area contributed by atoms with Gasteiger partial charge < -0.3 is 4.55 Å². The Morgan fingerprint density at radius 3 is 2.35 bits per heavy atom. The van der Waals surface area contributed by atoms with Crippen molar-refractivity contribution in [2.24, 2.45) is 0 Å². The number of aromatic nitrogens is 1. The van der Waals surface area contributed by atoms with E-state index in [1.54, 1.807) is 0 Å². The standard InChI is InChI=1S/C9H12N.CH4O4S.BrH/c1-3-9-7-5-6-8-10(9)4-2;1-5-6(2,3)4;/h3,5-8H,1,4H2,2H3;1H3,(H,2,3,4);1H/q+1;;/p-1. The highest BCUT2D eigenvalue weighted by Crippen LogP contribution is 1.91. The molecule has 1 aromatic rings. The Morgan fingerprint density at radius 1 is 1.53 bits per heavy atom. The minimum absolute atomic E-state index is 0. The van der Waals surface area contributed by atoms with Crippen molar-refractivity contribution in [3.8, 4) is 0 Å². The maximum absolute atomic E-state index is 9.22. The quantitative estimate of drug-likeness (QED) is 0.477. The van der Waals surface area contributed by atoms with Gasteiger partial charge in [0.15, 0.2) is 6.20 Å². The monoisotopic (exact) mass is 325 g/mol. The fourth-order valence-corrected chi connectivity index (χ4v) is 0.963. The molecule has 0 atom stereocenters. The summed E-state index contributed by atoms with van der Waals surface area (Å²) in [5.41, 5.74) is 1.17. The molecule has 5 nitrogen and oxygen atoms in total. The van der Waals surface area contributed by atoms with E-state index in [9.17, 15) is 13.0 Å². The highest BCUT2D eigenvalue weighted by atomic mass is 79.9. The summed E-state index contributed by atoms with van der Waals surface area (Å²) >= 11 is 0. The maximum Gasteiger partial charge on any atom is 0.217 e. The van der Waals surface area contributed by atoms with E-state index < -0.39 is 10.4 Å². The van der Waals surface area contributed by atoms with Crippen LogP contribution < -0.4 is 4.57 Å². The van der Waals surface area contributed by atoms with Gasteiger partial charge in [-0.2, -0.15) is 4.57 Å². The number of hydrogen-bond acceptors (Lipinski definition) is 4. The molecule has 0 spiro atoms. The second kappa shape index (κ2) is 9.29. The Bertz CT molecular complexity index is 434. The molecule has 0 saturated carbocycles. The van der Waals surface area contributed by atoms with Crippen molar-refractivity contribution in [3.63, 3.8) is 0 Å². The van der Waals surface area contributed by atoms with Gasteiger partial charge in [-0.25, -0.2) is 8.42 Å². The molecular weight excluding hydrogens is 310 g/mol. The van der Waals surface area contributed by atoms with Crippen LogP contribution in [0.5, 0.6) is 0 Å².